The lowest BCUT2D eigenvalue weighted by Gasteiger charge is -2.65. The average Bonchev–Trinajstić information content (AvgIpc) is 3.21. The number of nitriles is 1. The van der Waals surface area contributed by atoms with Crippen molar-refractivity contribution in [2.24, 2.45) is 52.3 Å². The van der Waals surface area contributed by atoms with E-state index in [1.54, 1.807) is 6.92 Å². The van der Waals surface area contributed by atoms with Crippen molar-refractivity contribution in [2.75, 3.05) is 0 Å². The lowest BCUT2D eigenvalue weighted by Crippen LogP contribution is -2.63. The Balaban J connectivity index is 1.59. The maximum absolute atomic E-state index is 12.5. The standard InChI is InChI=1S/C33H53NO4/c1-7-25-29-20-24(37-22(3)35)15-17-33(29,6)28-16-18-32(5)26(21(2)12-10-8-9-11-19-34)13-14-27(32)30(28)31(25)38-23(4)36/h21,24-31H,7-18,20H2,1-6H3/t21-,24-,25-,26?,27+,28+,29?,30?,31-,32?,33?/m1/s1. The number of carbonyl (C=O) groups excluding carboxylic acids is 2. The van der Waals surface area contributed by atoms with E-state index in [-0.39, 0.29) is 29.6 Å². The minimum absolute atomic E-state index is 0.00659. The summed E-state index contributed by atoms with van der Waals surface area (Å²) >= 11 is 0. The quantitative estimate of drug-likeness (QED) is 0.225. The Labute approximate surface area is 231 Å². The highest BCUT2D eigenvalue weighted by Crippen LogP contribution is 2.70. The zero-order valence-corrected chi connectivity index (χ0v) is 25.0. The van der Waals surface area contributed by atoms with Crippen LogP contribution < -0.4 is 0 Å². The molecule has 0 saturated heterocycles. The van der Waals surface area contributed by atoms with Gasteiger partial charge in [0.25, 0.3) is 0 Å². The van der Waals surface area contributed by atoms with Crippen LogP contribution in [-0.4, -0.2) is 24.1 Å². The Morgan fingerprint density at radius 2 is 1.61 bits per heavy atom. The van der Waals surface area contributed by atoms with Crippen molar-refractivity contribution in [3.05, 3.63) is 0 Å². The van der Waals surface area contributed by atoms with Crippen molar-refractivity contribution in [2.45, 2.75) is 137 Å². The Morgan fingerprint density at radius 1 is 0.921 bits per heavy atom. The van der Waals surface area contributed by atoms with Crippen LogP contribution in [0.1, 0.15) is 125 Å². The number of hydrogen-bond donors (Lipinski definition) is 0. The molecule has 0 heterocycles. The minimum atomic E-state index is -0.179. The van der Waals surface area contributed by atoms with Gasteiger partial charge in [-0.3, -0.25) is 9.59 Å². The largest absolute Gasteiger partial charge is 0.463 e. The van der Waals surface area contributed by atoms with Crippen LogP contribution in [0.5, 0.6) is 0 Å². The summed E-state index contributed by atoms with van der Waals surface area (Å²) in [6.07, 6.45) is 14.3. The van der Waals surface area contributed by atoms with Gasteiger partial charge in [0.15, 0.2) is 0 Å². The smallest absolute Gasteiger partial charge is 0.302 e. The van der Waals surface area contributed by atoms with Crippen molar-refractivity contribution in [1.29, 1.82) is 5.26 Å². The van der Waals surface area contributed by atoms with E-state index in [0.29, 0.717) is 47.3 Å². The van der Waals surface area contributed by atoms with Crippen molar-refractivity contribution < 1.29 is 19.1 Å². The van der Waals surface area contributed by atoms with Gasteiger partial charge in [0.05, 0.1) is 6.07 Å². The minimum Gasteiger partial charge on any atom is -0.463 e. The molecule has 4 rings (SSSR count). The van der Waals surface area contributed by atoms with Gasteiger partial charge in [-0.2, -0.15) is 5.26 Å². The molecule has 0 aromatic carbocycles. The number of esters is 2. The number of ether oxygens (including phenoxy) is 2. The van der Waals surface area contributed by atoms with Crippen LogP contribution in [0.3, 0.4) is 0 Å². The Kier molecular flexibility index (Phi) is 9.20. The molecule has 11 atom stereocenters. The maximum atomic E-state index is 12.5. The lowest BCUT2D eigenvalue weighted by molar-refractivity contribution is -0.219. The molecule has 0 radical (unpaired) electrons. The van der Waals surface area contributed by atoms with E-state index >= 15 is 0 Å². The van der Waals surface area contributed by atoms with Gasteiger partial charge in [-0.15, -0.1) is 0 Å². The van der Waals surface area contributed by atoms with Crippen LogP contribution in [0.15, 0.2) is 0 Å². The third-order valence-electron chi connectivity index (χ3n) is 12.2. The van der Waals surface area contributed by atoms with Crippen LogP contribution in [-0.2, 0) is 19.1 Å². The van der Waals surface area contributed by atoms with Gasteiger partial charge in [-0.1, -0.05) is 47.0 Å². The number of hydrogen-bond acceptors (Lipinski definition) is 5. The van der Waals surface area contributed by atoms with Gasteiger partial charge in [-0.05, 0) is 104 Å². The second-order valence-corrected chi connectivity index (χ2v) is 14.0. The van der Waals surface area contributed by atoms with Crippen molar-refractivity contribution in [1.82, 2.24) is 0 Å². The molecular formula is C33H53NO4. The Morgan fingerprint density at radius 3 is 2.26 bits per heavy atom. The second kappa shape index (κ2) is 11.9. The van der Waals surface area contributed by atoms with Gasteiger partial charge in [-0.25, -0.2) is 0 Å². The average molecular weight is 528 g/mol. The first-order valence-corrected chi connectivity index (χ1v) is 15.8. The summed E-state index contributed by atoms with van der Waals surface area (Å²) < 4.78 is 12.1. The molecule has 4 aliphatic rings. The Bertz CT molecular complexity index is 896. The fourth-order valence-electron chi connectivity index (χ4n) is 10.6. The molecule has 5 nitrogen and oxygen atoms in total. The van der Waals surface area contributed by atoms with Gasteiger partial charge in [0.2, 0.25) is 0 Å². The third-order valence-corrected chi connectivity index (χ3v) is 12.2. The summed E-state index contributed by atoms with van der Waals surface area (Å²) in [4.78, 5) is 24.3. The van der Waals surface area contributed by atoms with Gasteiger partial charge >= 0.3 is 11.9 Å². The van der Waals surface area contributed by atoms with Crippen LogP contribution in [0.4, 0.5) is 0 Å². The first-order chi connectivity index (χ1) is 18.1. The van der Waals surface area contributed by atoms with E-state index < -0.39 is 0 Å². The summed E-state index contributed by atoms with van der Waals surface area (Å²) in [6.45, 7) is 13.0. The van der Waals surface area contributed by atoms with Gasteiger partial charge < -0.3 is 9.47 Å². The molecule has 0 bridgehead atoms. The first-order valence-electron chi connectivity index (χ1n) is 15.8. The normalized spacial score (nSPS) is 42.7. The van der Waals surface area contributed by atoms with Crippen LogP contribution in [0, 0.1) is 63.6 Å². The second-order valence-electron chi connectivity index (χ2n) is 14.0. The van der Waals surface area contributed by atoms with Crippen molar-refractivity contribution >= 4 is 11.9 Å². The number of nitrogens with zero attached hydrogens (tertiary/aromatic N) is 1. The molecule has 0 amide bonds. The molecule has 0 aliphatic heterocycles. The third kappa shape index (κ3) is 5.40. The number of fused-ring (bicyclic) bond motifs is 5. The molecular weight excluding hydrogens is 474 g/mol. The predicted molar refractivity (Wildman–Crippen MR) is 149 cm³/mol. The zero-order valence-electron chi connectivity index (χ0n) is 25.0. The van der Waals surface area contributed by atoms with Gasteiger partial charge in [0.1, 0.15) is 12.2 Å². The maximum Gasteiger partial charge on any atom is 0.302 e. The summed E-state index contributed by atoms with van der Waals surface area (Å²) in [7, 11) is 0. The monoisotopic (exact) mass is 527 g/mol. The Hall–Kier alpha value is -1.57. The van der Waals surface area contributed by atoms with E-state index in [4.69, 9.17) is 14.7 Å². The summed E-state index contributed by atoms with van der Waals surface area (Å²) in [5.41, 5.74) is 0.520. The summed E-state index contributed by atoms with van der Waals surface area (Å²) in [5, 5.41) is 8.85. The lowest BCUT2D eigenvalue weighted by atomic mass is 9.41. The topological polar surface area (TPSA) is 76.4 Å². The molecule has 0 N–H and O–H groups in total. The van der Waals surface area contributed by atoms with Crippen LogP contribution >= 0.6 is 0 Å². The highest BCUT2D eigenvalue weighted by Gasteiger charge is 2.66. The number of rotatable bonds is 9. The number of carbonyl (C=O) groups is 2. The van der Waals surface area contributed by atoms with E-state index in [2.05, 4.69) is 33.8 Å². The molecule has 4 saturated carbocycles. The zero-order chi connectivity index (χ0) is 27.7. The van der Waals surface area contributed by atoms with E-state index in [1.165, 1.54) is 45.4 Å². The summed E-state index contributed by atoms with van der Waals surface area (Å²) in [5.74, 6) is 3.45. The fraction of sp³-hybridized carbons (Fsp3) is 0.909. The molecule has 0 aromatic heterocycles. The fourth-order valence-corrected chi connectivity index (χ4v) is 10.6. The highest BCUT2D eigenvalue weighted by molar-refractivity contribution is 5.66. The predicted octanol–water partition coefficient (Wildman–Crippen LogP) is 7.86. The summed E-state index contributed by atoms with van der Waals surface area (Å²) in [6, 6.07) is 2.28. The molecule has 4 aliphatic carbocycles. The van der Waals surface area contributed by atoms with Crippen LogP contribution in [0.25, 0.3) is 0 Å². The van der Waals surface area contributed by atoms with Crippen molar-refractivity contribution in [3.63, 3.8) is 0 Å². The van der Waals surface area contributed by atoms with E-state index in [0.717, 1.165) is 44.4 Å². The van der Waals surface area contributed by atoms with E-state index in [1.807, 2.05) is 0 Å². The molecule has 0 aromatic rings. The molecule has 214 valence electrons. The molecule has 0 spiro atoms. The number of unbranched alkanes of at least 4 members (excludes halogenated alkanes) is 3. The van der Waals surface area contributed by atoms with Crippen LogP contribution in [0.2, 0.25) is 0 Å². The SMILES string of the molecule is CC[C@@H]1C2C[C@H](OC(C)=O)CCC2(C)[C@H]2CCC3(C)C([C@H](C)CCCCCC#N)CC[C@H]3C2[C@@H]1OC(C)=O. The molecule has 4 fully saturated rings. The first kappa shape index (κ1) is 29.4. The highest BCUT2D eigenvalue weighted by atomic mass is 16.5. The molecule has 38 heavy (non-hydrogen) atoms. The van der Waals surface area contributed by atoms with Gasteiger partial charge in [0, 0.05) is 26.2 Å². The molecule has 5 unspecified atom stereocenters. The van der Waals surface area contributed by atoms with E-state index in [9.17, 15) is 9.59 Å². The van der Waals surface area contributed by atoms with Crippen molar-refractivity contribution in [3.8, 4) is 6.07 Å². The molecule has 5 heteroatoms.